The molecule has 0 amide bonds. The van der Waals surface area contributed by atoms with Gasteiger partial charge in [0, 0.05) is 12.6 Å². The predicted octanol–water partition coefficient (Wildman–Crippen LogP) is 2.70. The van der Waals surface area contributed by atoms with Crippen molar-refractivity contribution >= 4 is 10.0 Å². The first-order valence-corrected chi connectivity index (χ1v) is 8.92. The van der Waals surface area contributed by atoms with E-state index in [1.54, 1.807) is 12.1 Å². The van der Waals surface area contributed by atoms with Crippen molar-refractivity contribution in [2.45, 2.75) is 36.3 Å². The third-order valence-electron chi connectivity index (χ3n) is 4.11. The van der Waals surface area contributed by atoms with Gasteiger partial charge < -0.3 is 9.52 Å². The van der Waals surface area contributed by atoms with Gasteiger partial charge in [-0.1, -0.05) is 12.1 Å². The summed E-state index contributed by atoms with van der Waals surface area (Å²) in [6.45, 7) is 0.326. The summed E-state index contributed by atoms with van der Waals surface area (Å²) in [5.74, 6) is -0.357. The van der Waals surface area contributed by atoms with E-state index in [-0.39, 0.29) is 17.4 Å². The number of aliphatic hydroxyl groups excluding tert-OH is 1. The Kier molecular flexibility index (Phi) is 4.52. The molecule has 0 radical (unpaired) electrons. The predicted molar refractivity (Wildman–Crippen MR) is 81.6 cm³/mol. The zero-order valence-corrected chi connectivity index (χ0v) is 13.2. The number of halogens is 1. The maximum atomic E-state index is 13.9. The Morgan fingerprint density at radius 1 is 1.30 bits per heavy atom. The van der Waals surface area contributed by atoms with Crippen LogP contribution in [0.5, 0.6) is 0 Å². The molecule has 5 nitrogen and oxygen atoms in total. The standard InChI is InChI=1S/C16H18FNO4S/c17-13-6-1-2-8-16(13)23(20,21)18-9-3-5-12(18)11-14(19)15-7-4-10-22-15/h1-2,4,6-8,10,12,14,19H,3,5,9,11H2/t12-,14-/m0/s1. The number of furan rings is 1. The van der Waals surface area contributed by atoms with Crippen LogP contribution in [-0.4, -0.2) is 30.4 Å². The van der Waals surface area contributed by atoms with Crippen LogP contribution in [0.25, 0.3) is 0 Å². The molecule has 23 heavy (non-hydrogen) atoms. The second-order valence-electron chi connectivity index (χ2n) is 5.61. The molecule has 2 atom stereocenters. The van der Waals surface area contributed by atoms with Gasteiger partial charge in [-0.25, -0.2) is 12.8 Å². The van der Waals surface area contributed by atoms with Crippen molar-refractivity contribution in [3.63, 3.8) is 0 Å². The fourth-order valence-electron chi connectivity index (χ4n) is 3.00. The van der Waals surface area contributed by atoms with E-state index in [0.717, 1.165) is 6.07 Å². The highest BCUT2D eigenvalue weighted by Crippen LogP contribution is 2.32. The Morgan fingerprint density at radius 2 is 2.09 bits per heavy atom. The summed E-state index contributed by atoms with van der Waals surface area (Å²) < 4.78 is 45.8. The monoisotopic (exact) mass is 339 g/mol. The quantitative estimate of drug-likeness (QED) is 0.909. The molecule has 1 aliphatic heterocycles. The molecule has 1 N–H and O–H groups in total. The third-order valence-corrected chi connectivity index (χ3v) is 6.10. The second kappa shape index (κ2) is 6.43. The van der Waals surface area contributed by atoms with Crippen molar-refractivity contribution in [2.75, 3.05) is 6.54 Å². The average Bonchev–Trinajstić information content (AvgIpc) is 3.19. The normalized spacial score (nSPS) is 20.7. The van der Waals surface area contributed by atoms with Gasteiger partial charge in [0.15, 0.2) is 0 Å². The first kappa shape index (κ1) is 16.2. The molecular formula is C16H18FNO4S. The molecule has 1 aliphatic rings. The molecule has 3 rings (SSSR count). The summed E-state index contributed by atoms with van der Waals surface area (Å²) in [4.78, 5) is -0.320. The SMILES string of the molecule is O=S(=O)(c1ccccc1F)N1CCC[C@H]1C[C@H](O)c1ccco1. The second-order valence-corrected chi connectivity index (χ2v) is 7.47. The lowest BCUT2D eigenvalue weighted by Crippen LogP contribution is -2.36. The minimum Gasteiger partial charge on any atom is -0.467 e. The highest BCUT2D eigenvalue weighted by Gasteiger charge is 2.37. The molecule has 0 saturated carbocycles. The first-order chi connectivity index (χ1) is 11.0. The summed E-state index contributed by atoms with van der Waals surface area (Å²) in [5, 5.41) is 10.2. The van der Waals surface area contributed by atoms with E-state index in [1.807, 2.05) is 0 Å². The van der Waals surface area contributed by atoms with Crippen molar-refractivity contribution < 1.29 is 22.3 Å². The number of aliphatic hydroxyl groups is 1. The fourth-order valence-corrected chi connectivity index (χ4v) is 4.77. The van der Waals surface area contributed by atoms with E-state index in [4.69, 9.17) is 4.42 Å². The van der Waals surface area contributed by atoms with E-state index in [1.165, 1.54) is 28.8 Å². The highest BCUT2D eigenvalue weighted by atomic mass is 32.2. The number of rotatable bonds is 5. The van der Waals surface area contributed by atoms with Gasteiger partial charge in [0.1, 0.15) is 22.6 Å². The lowest BCUT2D eigenvalue weighted by Gasteiger charge is -2.25. The number of benzene rings is 1. The van der Waals surface area contributed by atoms with Crippen molar-refractivity contribution in [2.24, 2.45) is 0 Å². The van der Waals surface area contributed by atoms with E-state index in [9.17, 15) is 17.9 Å². The molecule has 0 unspecified atom stereocenters. The van der Waals surface area contributed by atoms with Gasteiger partial charge in [-0.05, 0) is 43.5 Å². The van der Waals surface area contributed by atoms with E-state index >= 15 is 0 Å². The highest BCUT2D eigenvalue weighted by molar-refractivity contribution is 7.89. The minimum atomic E-state index is -3.92. The molecule has 2 aromatic rings. The maximum Gasteiger partial charge on any atom is 0.246 e. The number of hydrogen-bond donors (Lipinski definition) is 1. The average molecular weight is 339 g/mol. The third kappa shape index (κ3) is 3.17. The van der Waals surface area contributed by atoms with Gasteiger partial charge in [-0.3, -0.25) is 0 Å². The smallest absolute Gasteiger partial charge is 0.246 e. The molecule has 2 heterocycles. The van der Waals surface area contributed by atoms with Crippen molar-refractivity contribution in [1.82, 2.24) is 4.31 Å². The lowest BCUT2D eigenvalue weighted by atomic mass is 10.1. The van der Waals surface area contributed by atoms with Crippen LogP contribution in [-0.2, 0) is 10.0 Å². The van der Waals surface area contributed by atoms with Crippen molar-refractivity contribution in [3.05, 3.63) is 54.2 Å². The summed E-state index contributed by atoms with van der Waals surface area (Å²) in [6.07, 6.45) is 2.11. The minimum absolute atomic E-state index is 0.223. The Labute approximate surface area is 134 Å². The van der Waals surface area contributed by atoms with Crippen molar-refractivity contribution in [3.8, 4) is 0 Å². The molecule has 1 fully saturated rings. The summed E-state index contributed by atoms with van der Waals surface area (Å²) >= 11 is 0. The molecule has 124 valence electrons. The lowest BCUT2D eigenvalue weighted by molar-refractivity contribution is 0.118. The number of sulfonamides is 1. The fraction of sp³-hybridized carbons (Fsp3) is 0.375. The van der Waals surface area contributed by atoms with Crippen LogP contribution in [0.1, 0.15) is 31.1 Å². The molecular weight excluding hydrogens is 321 g/mol. The van der Waals surface area contributed by atoms with Crippen molar-refractivity contribution in [1.29, 1.82) is 0 Å². The summed E-state index contributed by atoms with van der Waals surface area (Å²) in [7, 11) is -3.92. The molecule has 1 saturated heterocycles. The molecule has 0 spiro atoms. The van der Waals surface area contributed by atoms with Crippen LogP contribution in [0.4, 0.5) is 4.39 Å². The van der Waals surface area contributed by atoms with Gasteiger partial charge in [0.2, 0.25) is 10.0 Å². The summed E-state index contributed by atoms with van der Waals surface area (Å²) in [5.41, 5.74) is 0. The zero-order chi connectivity index (χ0) is 16.4. The molecule has 1 aromatic heterocycles. The van der Waals surface area contributed by atoms with E-state index in [0.29, 0.717) is 25.1 Å². The molecule has 7 heteroatoms. The number of hydrogen-bond acceptors (Lipinski definition) is 4. The van der Waals surface area contributed by atoms with Crippen LogP contribution >= 0.6 is 0 Å². The van der Waals surface area contributed by atoms with E-state index in [2.05, 4.69) is 0 Å². The Balaban J connectivity index is 1.82. The number of nitrogens with zero attached hydrogens (tertiary/aromatic N) is 1. The van der Waals surface area contributed by atoms with Gasteiger partial charge in [0.05, 0.1) is 6.26 Å². The van der Waals surface area contributed by atoms with Crippen LogP contribution in [0, 0.1) is 5.82 Å². The van der Waals surface area contributed by atoms with Crippen LogP contribution in [0.2, 0.25) is 0 Å². The Bertz CT molecular complexity index is 760. The van der Waals surface area contributed by atoms with Crippen LogP contribution in [0.15, 0.2) is 52.0 Å². The van der Waals surface area contributed by atoms with Gasteiger partial charge in [-0.2, -0.15) is 4.31 Å². The molecule has 0 aliphatic carbocycles. The van der Waals surface area contributed by atoms with Gasteiger partial charge >= 0.3 is 0 Å². The molecule has 0 bridgehead atoms. The van der Waals surface area contributed by atoms with Crippen LogP contribution in [0.3, 0.4) is 0 Å². The Morgan fingerprint density at radius 3 is 2.78 bits per heavy atom. The Hall–Kier alpha value is -1.70. The van der Waals surface area contributed by atoms with Gasteiger partial charge in [0.25, 0.3) is 0 Å². The molecule has 1 aromatic carbocycles. The summed E-state index contributed by atoms with van der Waals surface area (Å²) in [6, 6.07) is 8.30. The maximum absolute atomic E-state index is 13.9. The topological polar surface area (TPSA) is 70.8 Å². The van der Waals surface area contributed by atoms with Crippen LogP contribution < -0.4 is 0 Å². The first-order valence-electron chi connectivity index (χ1n) is 7.48. The zero-order valence-electron chi connectivity index (χ0n) is 12.4. The van der Waals surface area contributed by atoms with Gasteiger partial charge in [-0.15, -0.1) is 0 Å². The van der Waals surface area contributed by atoms with E-state index < -0.39 is 21.9 Å². The largest absolute Gasteiger partial charge is 0.467 e.